The van der Waals surface area contributed by atoms with Crippen molar-refractivity contribution in [2.75, 3.05) is 20.2 Å². The highest BCUT2D eigenvalue weighted by Gasteiger charge is 2.04. The van der Waals surface area contributed by atoms with Gasteiger partial charge in [0.1, 0.15) is 5.75 Å². The number of ether oxygens (including phenoxy) is 1. The third-order valence-corrected chi connectivity index (χ3v) is 2.61. The fourth-order valence-corrected chi connectivity index (χ4v) is 1.68. The molecular formula is C13H18ClNO. The van der Waals surface area contributed by atoms with Crippen LogP contribution in [0.25, 0.3) is 6.08 Å². The van der Waals surface area contributed by atoms with Crippen LogP contribution in [-0.2, 0) is 0 Å². The molecular weight excluding hydrogens is 222 g/mol. The molecule has 0 heterocycles. The van der Waals surface area contributed by atoms with Gasteiger partial charge in [0.25, 0.3) is 0 Å². The van der Waals surface area contributed by atoms with Crippen molar-refractivity contribution in [1.29, 1.82) is 0 Å². The van der Waals surface area contributed by atoms with Crippen molar-refractivity contribution < 1.29 is 4.74 Å². The predicted molar refractivity (Wildman–Crippen MR) is 70.2 cm³/mol. The monoisotopic (exact) mass is 239 g/mol. The zero-order chi connectivity index (χ0) is 12.0. The van der Waals surface area contributed by atoms with Gasteiger partial charge in [-0.25, -0.2) is 0 Å². The smallest absolute Gasteiger partial charge is 0.127 e. The first-order valence-corrected chi connectivity index (χ1v) is 5.77. The summed E-state index contributed by atoms with van der Waals surface area (Å²) in [6.07, 6.45) is 2.06. The Morgan fingerprint density at radius 1 is 1.50 bits per heavy atom. The van der Waals surface area contributed by atoms with Gasteiger partial charge in [-0.15, -0.1) is 0 Å². The third kappa shape index (κ3) is 3.54. The van der Waals surface area contributed by atoms with Gasteiger partial charge in [0.05, 0.1) is 12.1 Å². The minimum Gasteiger partial charge on any atom is -0.496 e. The first-order chi connectivity index (χ1) is 7.69. The first-order valence-electron chi connectivity index (χ1n) is 5.39. The van der Waals surface area contributed by atoms with E-state index < -0.39 is 0 Å². The Kier molecular flexibility index (Phi) is 5.36. The van der Waals surface area contributed by atoms with Crippen LogP contribution in [0.4, 0.5) is 0 Å². The molecule has 0 aliphatic rings. The van der Waals surface area contributed by atoms with Gasteiger partial charge in [0.2, 0.25) is 0 Å². The molecule has 1 rings (SSSR count). The lowest BCUT2D eigenvalue weighted by atomic mass is 10.1. The molecule has 0 atom stereocenters. The lowest BCUT2D eigenvalue weighted by Gasteiger charge is -2.08. The van der Waals surface area contributed by atoms with Crippen LogP contribution in [-0.4, -0.2) is 20.2 Å². The SMILES string of the molecule is CCNC/C(C)=C/c1c(Cl)cccc1OC. The van der Waals surface area contributed by atoms with E-state index in [0.717, 1.165) is 29.4 Å². The molecule has 0 bridgehead atoms. The number of nitrogens with one attached hydrogen (secondary N) is 1. The lowest BCUT2D eigenvalue weighted by molar-refractivity contribution is 0.414. The van der Waals surface area contributed by atoms with Gasteiger partial charge in [-0.1, -0.05) is 30.2 Å². The van der Waals surface area contributed by atoms with Crippen LogP contribution in [0.5, 0.6) is 5.75 Å². The summed E-state index contributed by atoms with van der Waals surface area (Å²) in [5.74, 6) is 0.809. The van der Waals surface area contributed by atoms with Gasteiger partial charge in [0.15, 0.2) is 0 Å². The molecule has 0 amide bonds. The van der Waals surface area contributed by atoms with E-state index in [2.05, 4.69) is 25.2 Å². The van der Waals surface area contributed by atoms with Gasteiger partial charge in [-0.2, -0.15) is 0 Å². The van der Waals surface area contributed by atoms with Crippen molar-refractivity contribution in [3.63, 3.8) is 0 Å². The van der Waals surface area contributed by atoms with Crippen LogP contribution < -0.4 is 10.1 Å². The molecule has 88 valence electrons. The Hall–Kier alpha value is -0.990. The van der Waals surface area contributed by atoms with Crippen molar-refractivity contribution in [2.45, 2.75) is 13.8 Å². The zero-order valence-electron chi connectivity index (χ0n) is 10.0. The van der Waals surface area contributed by atoms with Crippen LogP contribution in [0, 0.1) is 0 Å². The molecule has 0 saturated heterocycles. The molecule has 0 unspecified atom stereocenters. The van der Waals surface area contributed by atoms with Crippen molar-refractivity contribution >= 4 is 17.7 Å². The molecule has 0 saturated carbocycles. The van der Waals surface area contributed by atoms with E-state index in [1.807, 2.05) is 18.2 Å². The van der Waals surface area contributed by atoms with Gasteiger partial charge in [-0.3, -0.25) is 0 Å². The summed E-state index contributed by atoms with van der Waals surface area (Å²) >= 11 is 6.14. The average Bonchev–Trinajstić information content (AvgIpc) is 2.29. The fourth-order valence-electron chi connectivity index (χ4n) is 1.45. The quantitative estimate of drug-likeness (QED) is 0.851. The Morgan fingerprint density at radius 3 is 2.88 bits per heavy atom. The molecule has 1 N–H and O–H groups in total. The molecule has 0 aliphatic carbocycles. The minimum atomic E-state index is 0.718. The van der Waals surface area contributed by atoms with Gasteiger partial charge < -0.3 is 10.1 Å². The fraction of sp³-hybridized carbons (Fsp3) is 0.385. The summed E-state index contributed by atoms with van der Waals surface area (Å²) < 4.78 is 5.28. The second-order valence-electron chi connectivity index (χ2n) is 3.63. The van der Waals surface area contributed by atoms with Crippen molar-refractivity contribution in [1.82, 2.24) is 5.32 Å². The molecule has 0 aliphatic heterocycles. The summed E-state index contributed by atoms with van der Waals surface area (Å²) in [6, 6.07) is 5.67. The summed E-state index contributed by atoms with van der Waals surface area (Å²) in [4.78, 5) is 0. The molecule has 16 heavy (non-hydrogen) atoms. The number of rotatable bonds is 5. The maximum atomic E-state index is 6.14. The molecule has 2 nitrogen and oxygen atoms in total. The minimum absolute atomic E-state index is 0.718. The molecule has 1 aromatic rings. The number of likely N-dealkylation sites (N-methyl/N-ethyl adjacent to an activating group) is 1. The van der Waals surface area contributed by atoms with Crippen LogP contribution >= 0.6 is 11.6 Å². The van der Waals surface area contributed by atoms with E-state index >= 15 is 0 Å². The number of methoxy groups -OCH3 is 1. The van der Waals surface area contributed by atoms with Crippen LogP contribution in [0.15, 0.2) is 23.8 Å². The maximum Gasteiger partial charge on any atom is 0.127 e. The predicted octanol–water partition coefficient (Wildman–Crippen LogP) is 3.36. The van der Waals surface area contributed by atoms with Crippen molar-refractivity contribution in [2.24, 2.45) is 0 Å². The Balaban J connectivity index is 2.94. The van der Waals surface area contributed by atoms with Crippen LogP contribution in [0.3, 0.4) is 0 Å². The van der Waals surface area contributed by atoms with Gasteiger partial charge in [-0.05, 0) is 31.7 Å². The second kappa shape index (κ2) is 6.56. The standard InChI is InChI=1S/C13H18ClNO/c1-4-15-9-10(2)8-11-12(14)6-5-7-13(11)16-3/h5-8,15H,4,9H2,1-3H3/b10-8+. The molecule has 1 aromatic carbocycles. The number of benzene rings is 1. The van der Waals surface area contributed by atoms with E-state index in [4.69, 9.17) is 16.3 Å². The lowest BCUT2D eigenvalue weighted by Crippen LogP contribution is -2.14. The van der Waals surface area contributed by atoms with Gasteiger partial charge in [0, 0.05) is 12.1 Å². The molecule has 0 fully saturated rings. The Bertz CT molecular complexity index is 374. The number of hydrogen-bond acceptors (Lipinski definition) is 2. The average molecular weight is 240 g/mol. The van der Waals surface area contributed by atoms with Crippen molar-refractivity contribution in [3.05, 3.63) is 34.4 Å². The topological polar surface area (TPSA) is 21.3 Å². The van der Waals surface area contributed by atoms with E-state index in [0.29, 0.717) is 0 Å². The highest BCUT2D eigenvalue weighted by Crippen LogP contribution is 2.28. The summed E-state index contributed by atoms with van der Waals surface area (Å²) in [6.45, 7) is 5.99. The largest absolute Gasteiger partial charge is 0.496 e. The third-order valence-electron chi connectivity index (χ3n) is 2.28. The molecule has 0 radical (unpaired) electrons. The molecule has 3 heteroatoms. The second-order valence-corrected chi connectivity index (χ2v) is 4.03. The maximum absolute atomic E-state index is 6.14. The highest BCUT2D eigenvalue weighted by molar-refractivity contribution is 6.32. The molecule has 0 spiro atoms. The van der Waals surface area contributed by atoms with Crippen molar-refractivity contribution in [3.8, 4) is 5.75 Å². The van der Waals surface area contributed by atoms with Gasteiger partial charge >= 0.3 is 0 Å². The van der Waals surface area contributed by atoms with E-state index in [9.17, 15) is 0 Å². The van der Waals surface area contributed by atoms with E-state index in [-0.39, 0.29) is 0 Å². The molecule has 0 aromatic heterocycles. The number of halogens is 1. The first kappa shape index (κ1) is 13.1. The summed E-state index contributed by atoms with van der Waals surface area (Å²) in [5, 5.41) is 3.99. The van der Waals surface area contributed by atoms with E-state index in [1.165, 1.54) is 5.57 Å². The zero-order valence-corrected chi connectivity index (χ0v) is 10.8. The summed E-state index contributed by atoms with van der Waals surface area (Å²) in [5.41, 5.74) is 2.18. The Morgan fingerprint density at radius 2 is 2.25 bits per heavy atom. The Labute approximate surface area is 102 Å². The summed E-state index contributed by atoms with van der Waals surface area (Å²) in [7, 11) is 1.66. The van der Waals surface area contributed by atoms with E-state index in [1.54, 1.807) is 7.11 Å². The highest BCUT2D eigenvalue weighted by atomic mass is 35.5. The van der Waals surface area contributed by atoms with Crippen LogP contribution in [0.1, 0.15) is 19.4 Å². The number of hydrogen-bond donors (Lipinski definition) is 1. The van der Waals surface area contributed by atoms with Crippen LogP contribution in [0.2, 0.25) is 5.02 Å². The normalized spacial score (nSPS) is 11.6.